The molecule has 0 radical (unpaired) electrons. The van der Waals surface area contributed by atoms with E-state index in [9.17, 15) is 14.0 Å². The highest BCUT2D eigenvalue weighted by atomic mass is 19.1. The van der Waals surface area contributed by atoms with E-state index in [0.29, 0.717) is 18.7 Å². The van der Waals surface area contributed by atoms with Gasteiger partial charge in [0.05, 0.1) is 6.61 Å². The van der Waals surface area contributed by atoms with Gasteiger partial charge in [0.2, 0.25) is 5.91 Å². The molecule has 0 aliphatic carbocycles. The van der Waals surface area contributed by atoms with Crippen LogP contribution in [0.25, 0.3) is 0 Å². The molecule has 0 aromatic heterocycles. The first kappa shape index (κ1) is 20.6. The zero-order valence-corrected chi connectivity index (χ0v) is 15.8. The molecule has 0 saturated carbocycles. The Balaban J connectivity index is 1.95. The minimum atomic E-state index is -0.685. The van der Waals surface area contributed by atoms with Crippen LogP contribution >= 0.6 is 0 Å². The molecule has 0 aliphatic heterocycles. The largest absolute Gasteiger partial charge is 0.380 e. The Hall–Kier alpha value is -2.73. The van der Waals surface area contributed by atoms with Gasteiger partial charge in [-0.25, -0.2) is 4.39 Å². The fourth-order valence-electron chi connectivity index (χ4n) is 2.58. The first-order chi connectivity index (χ1) is 12.9. The van der Waals surface area contributed by atoms with Crippen LogP contribution in [0.15, 0.2) is 48.5 Å². The van der Waals surface area contributed by atoms with Crippen molar-refractivity contribution < 1.29 is 18.7 Å². The number of halogens is 1. The lowest BCUT2D eigenvalue weighted by atomic mass is 10.0. The van der Waals surface area contributed by atoms with E-state index in [1.807, 2.05) is 38.1 Å². The number of methoxy groups -OCH3 is 1. The maximum atomic E-state index is 13.0. The van der Waals surface area contributed by atoms with Crippen LogP contribution in [-0.2, 0) is 22.7 Å². The van der Waals surface area contributed by atoms with Gasteiger partial charge in [-0.2, -0.15) is 0 Å². The average Bonchev–Trinajstić information content (AvgIpc) is 2.65. The average molecular weight is 372 g/mol. The van der Waals surface area contributed by atoms with Crippen molar-refractivity contribution >= 4 is 11.8 Å². The maximum Gasteiger partial charge on any atom is 0.251 e. The summed E-state index contributed by atoms with van der Waals surface area (Å²) in [5.74, 6) is -1.19. The van der Waals surface area contributed by atoms with E-state index >= 15 is 0 Å². The number of ether oxygens (including phenoxy) is 1. The lowest BCUT2D eigenvalue weighted by Crippen LogP contribution is -2.49. The van der Waals surface area contributed by atoms with Crippen molar-refractivity contribution in [2.24, 2.45) is 5.92 Å². The summed E-state index contributed by atoms with van der Waals surface area (Å²) in [6.07, 6.45) is 0. The molecule has 144 valence electrons. The second kappa shape index (κ2) is 9.83. The number of hydrogen-bond donors (Lipinski definition) is 2. The molecule has 2 aromatic carbocycles. The smallest absolute Gasteiger partial charge is 0.251 e. The summed E-state index contributed by atoms with van der Waals surface area (Å²) in [5.41, 5.74) is 2.32. The van der Waals surface area contributed by atoms with E-state index in [-0.39, 0.29) is 11.8 Å². The van der Waals surface area contributed by atoms with Gasteiger partial charge >= 0.3 is 0 Å². The minimum Gasteiger partial charge on any atom is -0.380 e. The molecule has 2 N–H and O–H groups in total. The summed E-state index contributed by atoms with van der Waals surface area (Å²) in [4.78, 5) is 24.9. The summed E-state index contributed by atoms with van der Waals surface area (Å²) >= 11 is 0. The first-order valence-corrected chi connectivity index (χ1v) is 8.81. The van der Waals surface area contributed by atoms with Crippen molar-refractivity contribution in [1.82, 2.24) is 10.6 Å². The summed E-state index contributed by atoms with van der Waals surface area (Å²) in [7, 11) is 1.64. The molecule has 2 rings (SSSR count). The van der Waals surface area contributed by atoms with Gasteiger partial charge < -0.3 is 15.4 Å². The summed E-state index contributed by atoms with van der Waals surface area (Å²) in [5, 5.41) is 5.58. The van der Waals surface area contributed by atoms with Gasteiger partial charge in [-0.15, -0.1) is 0 Å². The van der Waals surface area contributed by atoms with Gasteiger partial charge in [-0.05, 0) is 41.3 Å². The van der Waals surface area contributed by atoms with Gasteiger partial charge in [0, 0.05) is 19.2 Å². The van der Waals surface area contributed by atoms with Crippen LogP contribution in [0.2, 0.25) is 0 Å². The van der Waals surface area contributed by atoms with Crippen molar-refractivity contribution in [3.63, 3.8) is 0 Å². The molecule has 0 saturated heterocycles. The number of amides is 2. The van der Waals surface area contributed by atoms with E-state index < -0.39 is 17.8 Å². The van der Waals surface area contributed by atoms with Crippen LogP contribution in [0.5, 0.6) is 0 Å². The molecule has 0 spiro atoms. The molecule has 5 nitrogen and oxygen atoms in total. The molecule has 0 heterocycles. The Morgan fingerprint density at radius 3 is 2.15 bits per heavy atom. The van der Waals surface area contributed by atoms with E-state index in [4.69, 9.17) is 4.74 Å². The number of hydrogen-bond acceptors (Lipinski definition) is 3. The van der Waals surface area contributed by atoms with Crippen LogP contribution in [-0.4, -0.2) is 25.0 Å². The number of rotatable bonds is 8. The van der Waals surface area contributed by atoms with Crippen molar-refractivity contribution in [3.05, 3.63) is 71.0 Å². The fraction of sp³-hybridized carbons (Fsp3) is 0.333. The molecule has 0 bridgehead atoms. The highest BCUT2D eigenvalue weighted by Crippen LogP contribution is 2.08. The predicted octanol–water partition coefficient (Wildman–Crippen LogP) is 3.04. The van der Waals surface area contributed by atoms with Crippen LogP contribution in [0, 0.1) is 11.7 Å². The molecule has 6 heteroatoms. The fourth-order valence-corrected chi connectivity index (χ4v) is 2.58. The molecule has 2 aromatic rings. The van der Waals surface area contributed by atoms with E-state index in [2.05, 4.69) is 10.6 Å². The number of benzene rings is 2. The predicted molar refractivity (Wildman–Crippen MR) is 101 cm³/mol. The van der Waals surface area contributed by atoms with Gasteiger partial charge in [0.1, 0.15) is 11.9 Å². The normalized spacial score (nSPS) is 11.9. The zero-order chi connectivity index (χ0) is 19.8. The summed E-state index contributed by atoms with van der Waals surface area (Å²) < 4.78 is 18.1. The third-order valence-corrected chi connectivity index (χ3v) is 4.14. The topological polar surface area (TPSA) is 67.4 Å². The van der Waals surface area contributed by atoms with Crippen LogP contribution in [0.4, 0.5) is 4.39 Å². The second-order valence-corrected chi connectivity index (χ2v) is 6.67. The van der Waals surface area contributed by atoms with Gasteiger partial charge in [-0.1, -0.05) is 38.1 Å². The minimum absolute atomic E-state index is 0.0986. The summed E-state index contributed by atoms with van der Waals surface area (Å²) in [6, 6.07) is 12.3. The van der Waals surface area contributed by atoms with Gasteiger partial charge in [-0.3, -0.25) is 9.59 Å². The molecule has 1 unspecified atom stereocenters. The van der Waals surface area contributed by atoms with Crippen LogP contribution in [0.1, 0.15) is 35.3 Å². The monoisotopic (exact) mass is 372 g/mol. The van der Waals surface area contributed by atoms with Crippen LogP contribution in [0.3, 0.4) is 0 Å². The molecule has 2 amide bonds. The van der Waals surface area contributed by atoms with Crippen molar-refractivity contribution in [1.29, 1.82) is 0 Å². The Kier molecular flexibility index (Phi) is 7.49. The number of nitrogens with one attached hydrogen (secondary N) is 2. The third-order valence-electron chi connectivity index (χ3n) is 4.14. The third kappa shape index (κ3) is 6.18. The van der Waals surface area contributed by atoms with Crippen molar-refractivity contribution in [2.45, 2.75) is 33.0 Å². The highest BCUT2D eigenvalue weighted by molar-refractivity contribution is 5.97. The van der Waals surface area contributed by atoms with Crippen molar-refractivity contribution in [3.8, 4) is 0 Å². The Labute approximate surface area is 158 Å². The standard InChI is InChI=1S/C21H25FN2O3/c1-14(2)19(24-20(25)17-8-10-18(22)11-9-17)21(26)23-12-15-4-6-16(7-5-15)13-27-3/h4-11,14,19H,12-13H2,1-3H3,(H,23,26)(H,24,25). The number of carbonyl (C=O) groups is 2. The second-order valence-electron chi connectivity index (χ2n) is 6.67. The molecule has 0 aliphatic rings. The Morgan fingerprint density at radius 2 is 1.59 bits per heavy atom. The quantitative estimate of drug-likeness (QED) is 0.748. The zero-order valence-electron chi connectivity index (χ0n) is 15.8. The van der Waals surface area contributed by atoms with Gasteiger partial charge in [0.25, 0.3) is 5.91 Å². The Morgan fingerprint density at radius 1 is 1.00 bits per heavy atom. The van der Waals surface area contributed by atoms with E-state index in [1.165, 1.54) is 24.3 Å². The molecule has 0 fully saturated rings. The lowest BCUT2D eigenvalue weighted by Gasteiger charge is -2.22. The first-order valence-electron chi connectivity index (χ1n) is 8.81. The van der Waals surface area contributed by atoms with Crippen molar-refractivity contribution in [2.75, 3.05) is 7.11 Å². The van der Waals surface area contributed by atoms with Gasteiger partial charge in [0.15, 0.2) is 0 Å². The maximum absolute atomic E-state index is 13.0. The van der Waals surface area contributed by atoms with E-state index in [0.717, 1.165) is 11.1 Å². The molecular formula is C21H25FN2O3. The molecule has 1 atom stereocenters. The van der Waals surface area contributed by atoms with E-state index in [1.54, 1.807) is 7.11 Å². The lowest BCUT2D eigenvalue weighted by molar-refractivity contribution is -0.124. The molecular weight excluding hydrogens is 347 g/mol. The van der Waals surface area contributed by atoms with Crippen LogP contribution < -0.4 is 10.6 Å². The Bertz CT molecular complexity index is 758. The SMILES string of the molecule is COCc1ccc(CNC(=O)C(NC(=O)c2ccc(F)cc2)C(C)C)cc1. The molecule has 27 heavy (non-hydrogen) atoms. The highest BCUT2D eigenvalue weighted by Gasteiger charge is 2.24. The summed E-state index contributed by atoms with van der Waals surface area (Å²) in [6.45, 7) is 4.61. The number of carbonyl (C=O) groups excluding carboxylic acids is 2.